The van der Waals surface area contributed by atoms with Gasteiger partial charge >= 0.3 is 6.09 Å². The van der Waals surface area contributed by atoms with Crippen LogP contribution in [0.1, 0.15) is 40.0 Å². The topological polar surface area (TPSA) is 61.9 Å². The SMILES string of the molecule is CC(C)(C)OC(=O)N1CCC(F)C(N2CCCC(Nc3cc(F)cc(Cl)c3)C2=O)C1. The van der Waals surface area contributed by atoms with E-state index in [1.807, 2.05) is 0 Å². The summed E-state index contributed by atoms with van der Waals surface area (Å²) < 4.78 is 33.8. The molecule has 9 heteroatoms. The molecule has 0 bridgehead atoms. The second-order valence-corrected chi connectivity index (χ2v) is 9.26. The standard InChI is InChI=1S/C21H28ClF2N3O3/c1-21(2,3)30-20(29)26-8-6-16(24)18(12-26)27-7-4-5-17(19(27)28)25-15-10-13(22)9-14(23)11-15/h9-11,16-18,25H,4-8,12H2,1-3H3. The van der Waals surface area contributed by atoms with E-state index in [9.17, 15) is 18.4 Å². The maximum atomic E-state index is 14.8. The number of likely N-dealkylation sites (tertiary alicyclic amines) is 2. The largest absolute Gasteiger partial charge is 0.444 e. The number of nitrogens with zero attached hydrogens (tertiary/aromatic N) is 2. The van der Waals surface area contributed by atoms with Crippen molar-refractivity contribution in [1.29, 1.82) is 0 Å². The molecule has 6 nitrogen and oxygen atoms in total. The molecule has 0 spiro atoms. The van der Waals surface area contributed by atoms with Crippen molar-refractivity contribution >= 4 is 29.3 Å². The predicted molar refractivity (Wildman–Crippen MR) is 111 cm³/mol. The second-order valence-electron chi connectivity index (χ2n) is 8.83. The Morgan fingerprint density at radius 2 is 1.97 bits per heavy atom. The Morgan fingerprint density at radius 3 is 2.63 bits per heavy atom. The third kappa shape index (κ3) is 5.53. The minimum atomic E-state index is -1.23. The molecule has 0 aliphatic carbocycles. The molecule has 2 heterocycles. The Balaban J connectivity index is 1.70. The Kier molecular flexibility index (Phi) is 6.75. The molecule has 3 rings (SSSR count). The van der Waals surface area contributed by atoms with Crippen LogP contribution in [0.4, 0.5) is 19.3 Å². The van der Waals surface area contributed by atoms with Gasteiger partial charge in [-0.3, -0.25) is 4.79 Å². The zero-order valence-electron chi connectivity index (χ0n) is 17.5. The quantitative estimate of drug-likeness (QED) is 0.759. The number of benzene rings is 1. The van der Waals surface area contributed by atoms with Crippen LogP contribution in [-0.4, -0.2) is 65.3 Å². The Hall–Kier alpha value is -2.09. The first-order chi connectivity index (χ1) is 14.0. The van der Waals surface area contributed by atoms with Crippen LogP contribution in [0.15, 0.2) is 18.2 Å². The summed E-state index contributed by atoms with van der Waals surface area (Å²) in [6, 6.07) is 2.64. The average Bonchev–Trinajstić information content (AvgIpc) is 2.62. The zero-order valence-corrected chi connectivity index (χ0v) is 18.2. The van der Waals surface area contributed by atoms with Crippen LogP contribution < -0.4 is 5.32 Å². The molecule has 2 amide bonds. The molecule has 2 aliphatic rings. The first-order valence-corrected chi connectivity index (χ1v) is 10.6. The van der Waals surface area contributed by atoms with Gasteiger partial charge < -0.3 is 19.9 Å². The molecule has 2 saturated heterocycles. The molecule has 2 aliphatic heterocycles. The van der Waals surface area contributed by atoms with Crippen molar-refractivity contribution in [2.45, 2.75) is 63.9 Å². The van der Waals surface area contributed by atoms with E-state index >= 15 is 0 Å². The lowest BCUT2D eigenvalue weighted by atomic mass is 9.96. The van der Waals surface area contributed by atoms with Crippen molar-refractivity contribution < 1.29 is 23.1 Å². The van der Waals surface area contributed by atoms with Crippen molar-refractivity contribution in [2.75, 3.05) is 25.0 Å². The average molecular weight is 444 g/mol. The van der Waals surface area contributed by atoms with Crippen LogP contribution in [0.2, 0.25) is 5.02 Å². The first kappa shape index (κ1) is 22.6. The zero-order chi connectivity index (χ0) is 22.1. The molecular formula is C21H28ClF2N3O3. The van der Waals surface area contributed by atoms with Crippen molar-refractivity contribution in [3.63, 3.8) is 0 Å². The van der Waals surface area contributed by atoms with Crippen molar-refractivity contribution in [3.8, 4) is 0 Å². The number of alkyl halides is 1. The molecule has 1 aromatic rings. The van der Waals surface area contributed by atoms with Gasteiger partial charge in [0.1, 0.15) is 23.6 Å². The van der Waals surface area contributed by atoms with Gasteiger partial charge in [0.2, 0.25) is 5.91 Å². The molecule has 0 radical (unpaired) electrons. The summed E-state index contributed by atoms with van der Waals surface area (Å²) in [7, 11) is 0. The van der Waals surface area contributed by atoms with E-state index in [1.54, 1.807) is 26.8 Å². The van der Waals surface area contributed by atoms with Crippen LogP contribution in [0.3, 0.4) is 0 Å². The predicted octanol–water partition coefficient (Wildman–Crippen LogP) is 4.23. The number of rotatable bonds is 3. The van der Waals surface area contributed by atoms with Gasteiger partial charge in [-0.1, -0.05) is 11.6 Å². The van der Waals surface area contributed by atoms with Gasteiger partial charge in [0.05, 0.1) is 6.04 Å². The third-order valence-corrected chi connectivity index (χ3v) is 5.45. The Bertz CT molecular complexity index is 782. The summed E-state index contributed by atoms with van der Waals surface area (Å²) in [6.07, 6.45) is -0.376. The van der Waals surface area contributed by atoms with Gasteiger partial charge in [-0.25, -0.2) is 13.6 Å². The van der Waals surface area contributed by atoms with Crippen molar-refractivity contribution in [2.24, 2.45) is 0 Å². The molecule has 0 saturated carbocycles. The number of piperidine rings is 2. The number of nitrogens with one attached hydrogen (secondary N) is 1. The summed E-state index contributed by atoms with van der Waals surface area (Å²) in [5, 5.41) is 3.24. The lowest BCUT2D eigenvalue weighted by Crippen LogP contribution is -2.61. The van der Waals surface area contributed by atoms with Crippen molar-refractivity contribution in [1.82, 2.24) is 9.80 Å². The summed E-state index contributed by atoms with van der Waals surface area (Å²) in [4.78, 5) is 28.5. The highest BCUT2D eigenvalue weighted by molar-refractivity contribution is 6.30. The fraction of sp³-hybridized carbons (Fsp3) is 0.619. The highest BCUT2D eigenvalue weighted by Gasteiger charge is 2.41. The second kappa shape index (κ2) is 8.96. The summed E-state index contributed by atoms with van der Waals surface area (Å²) in [6.45, 7) is 6.06. The maximum Gasteiger partial charge on any atom is 0.410 e. The number of amides is 2. The van der Waals surface area contributed by atoms with Gasteiger partial charge in [0.25, 0.3) is 0 Å². The molecular weight excluding hydrogens is 416 g/mol. The van der Waals surface area contributed by atoms with Crippen LogP contribution in [0.25, 0.3) is 0 Å². The fourth-order valence-electron chi connectivity index (χ4n) is 3.89. The lowest BCUT2D eigenvalue weighted by Gasteiger charge is -2.44. The van der Waals surface area contributed by atoms with Gasteiger partial charge in [0, 0.05) is 30.3 Å². The van der Waals surface area contributed by atoms with Crippen LogP contribution >= 0.6 is 11.6 Å². The van der Waals surface area contributed by atoms with Gasteiger partial charge in [-0.2, -0.15) is 0 Å². The molecule has 30 heavy (non-hydrogen) atoms. The highest BCUT2D eigenvalue weighted by Crippen LogP contribution is 2.27. The first-order valence-electron chi connectivity index (χ1n) is 10.2. The van der Waals surface area contributed by atoms with E-state index in [0.717, 1.165) is 0 Å². The van der Waals surface area contributed by atoms with E-state index < -0.39 is 35.8 Å². The monoisotopic (exact) mass is 443 g/mol. The minimum Gasteiger partial charge on any atom is -0.444 e. The maximum absolute atomic E-state index is 14.8. The van der Waals surface area contributed by atoms with Crippen LogP contribution in [0, 0.1) is 5.82 Å². The summed E-state index contributed by atoms with van der Waals surface area (Å²) >= 11 is 5.89. The minimum absolute atomic E-state index is 0.0837. The molecule has 3 atom stereocenters. The number of hydrogen-bond donors (Lipinski definition) is 1. The van der Waals surface area contributed by atoms with E-state index in [2.05, 4.69) is 5.32 Å². The number of carbonyl (C=O) groups excluding carboxylic acids is 2. The summed E-state index contributed by atoms with van der Waals surface area (Å²) in [5.74, 6) is -0.769. The van der Waals surface area contributed by atoms with Gasteiger partial charge in [-0.05, 0) is 58.2 Å². The molecule has 3 unspecified atom stereocenters. The van der Waals surface area contributed by atoms with E-state index in [1.165, 1.54) is 21.9 Å². The summed E-state index contributed by atoms with van der Waals surface area (Å²) in [5.41, 5.74) is -0.252. The highest BCUT2D eigenvalue weighted by atomic mass is 35.5. The number of ether oxygens (including phenoxy) is 1. The number of hydrogen-bond acceptors (Lipinski definition) is 4. The Morgan fingerprint density at radius 1 is 1.23 bits per heavy atom. The molecule has 0 aromatic heterocycles. The lowest BCUT2D eigenvalue weighted by molar-refractivity contribution is -0.140. The van der Waals surface area contributed by atoms with Crippen LogP contribution in [-0.2, 0) is 9.53 Å². The number of anilines is 1. The molecule has 166 valence electrons. The Labute approximate surface area is 180 Å². The third-order valence-electron chi connectivity index (χ3n) is 5.23. The van der Waals surface area contributed by atoms with E-state index in [0.29, 0.717) is 25.1 Å². The van der Waals surface area contributed by atoms with E-state index in [4.69, 9.17) is 16.3 Å². The number of carbonyl (C=O) groups is 2. The van der Waals surface area contributed by atoms with Crippen LogP contribution in [0.5, 0.6) is 0 Å². The van der Waals surface area contributed by atoms with Gasteiger partial charge in [-0.15, -0.1) is 0 Å². The normalized spacial score (nSPS) is 25.3. The number of halogens is 3. The van der Waals surface area contributed by atoms with Crippen molar-refractivity contribution in [3.05, 3.63) is 29.0 Å². The molecule has 2 fully saturated rings. The smallest absolute Gasteiger partial charge is 0.410 e. The van der Waals surface area contributed by atoms with E-state index in [-0.39, 0.29) is 30.4 Å². The molecule has 1 aromatic carbocycles. The fourth-order valence-corrected chi connectivity index (χ4v) is 4.11. The van der Waals surface area contributed by atoms with Gasteiger partial charge in [0.15, 0.2) is 0 Å². The molecule has 1 N–H and O–H groups in total.